The van der Waals surface area contributed by atoms with Crippen LogP contribution >= 0.6 is 0 Å². The van der Waals surface area contributed by atoms with E-state index in [1.54, 1.807) is 18.2 Å². The number of carbonyl (C=O) groups excluding carboxylic acids is 1. The number of carbonyl (C=O) groups is 1. The van der Waals surface area contributed by atoms with E-state index in [1.165, 1.54) is 7.11 Å². The Morgan fingerprint density at radius 2 is 1.90 bits per heavy atom. The van der Waals surface area contributed by atoms with Gasteiger partial charge in [0.1, 0.15) is 0 Å². The maximum Gasteiger partial charge on any atom is 0.257 e. The summed E-state index contributed by atoms with van der Waals surface area (Å²) in [5, 5.41) is 10.1. The number of aromatic hydroxyl groups is 1. The Bertz CT molecular complexity index is 499. The van der Waals surface area contributed by atoms with E-state index >= 15 is 0 Å². The van der Waals surface area contributed by atoms with Crippen LogP contribution in [-0.4, -0.2) is 36.1 Å². The minimum atomic E-state index is -0.104. The van der Waals surface area contributed by atoms with Crippen LogP contribution in [-0.2, 0) is 0 Å². The molecule has 1 aliphatic heterocycles. The molecule has 0 saturated carbocycles. The van der Waals surface area contributed by atoms with Gasteiger partial charge in [0.25, 0.3) is 5.91 Å². The summed E-state index contributed by atoms with van der Waals surface area (Å²) in [4.78, 5) is 14.4. The number of amides is 1. The molecule has 1 aromatic carbocycles. The molecular weight excluding hydrogens is 266 g/mol. The number of phenols is 1. The summed E-state index contributed by atoms with van der Waals surface area (Å²) in [6.45, 7) is 5.98. The van der Waals surface area contributed by atoms with E-state index in [0.29, 0.717) is 16.7 Å². The van der Waals surface area contributed by atoms with Gasteiger partial charge >= 0.3 is 0 Å². The highest BCUT2D eigenvalue weighted by Crippen LogP contribution is 2.39. The summed E-state index contributed by atoms with van der Waals surface area (Å²) >= 11 is 0. The Balaban J connectivity index is 2.12. The molecule has 0 radical (unpaired) electrons. The third kappa shape index (κ3) is 2.99. The normalized spacial score (nSPS) is 17.6. The fourth-order valence-corrected chi connectivity index (χ4v) is 3.17. The first kappa shape index (κ1) is 15.7. The molecule has 0 atom stereocenters. The second-order valence-corrected chi connectivity index (χ2v) is 5.86. The third-order valence-electron chi connectivity index (χ3n) is 5.06. The maximum atomic E-state index is 12.6. The van der Waals surface area contributed by atoms with Crippen molar-refractivity contribution in [2.45, 2.75) is 39.5 Å². The Hall–Kier alpha value is -1.71. The topological polar surface area (TPSA) is 49.8 Å². The summed E-state index contributed by atoms with van der Waals surface area (Å²) in [6, 6.07) is 5.04. The number of hydrogen-bond donors (Lipinski definition) is 1. The van der Waals surface area contributed by atoms with Crippen molar-refractivity contribution >= 4 is 5.91 Å². The number of benzene rings is 1. The summed E-state index contributed by atoms with van der Waals surface area (Å²) in [6.07, 6.45) is 4.40. The Kier molecular flexibility index (Phi) is 4.76. The van der Waals surface area contributed by atoms with Gasteiger partial charge in [-0.25, -0.2) is 0 Å². The molecule has 1 fully saturated rings. The highest BCUT2D eigenvalue weighted by molar-refractivity contribution is 5.97. The molecule has 1 N–H and O–H groups in total. The molecule has 0 unspecified atom stereocenters. The quantitative estimate of drug-likeness (QED) is 0.924. The lowest BCUT2D eigenvalue weighted by molar-refractivity contribution is 0.0554. The van der Waals surface area contributed by atoms with E-state index < -0.39 is 0 Å². The summed E-state index contributed by atoms with van der Waals surface area (Å²) in [5.41, 5.74) is 0.711. The predicted molar refractivity (Wildman–Crippen MR) is 82.8 cm³/mol. The zero-order valence-corrected chi connectivity index (χ0v) is 13.2. The summed E-state index contributed by atoms with van der Waals surface area (Å²) < 4.78 is 5.07. The maximum absolute atomic E-state index is 12.6. The number of phenolic OH excluding ortho intramolecular Hbond substituents is 1. The lowest BCUT2D eigenvalue weighted by Gasteiger charge is -2.41. The number of hydrogen-bond acceptors (Lipinski definition) is 3. The molecule has 4 nitrogen and oxygen atoms in total. The van der Waals surface area contributed by atoms with E-state index in [9.17, 15) is 9.90 Å². The molecule has 1 heterocycles. The van der Waals surface area contributed by atoms with Crippen LogP contribution in [0.25, 0.3) is 0 Å². The first-order chi connectivity index (χ1) is 10.1. The van der Waals surface area contributed by atoms with Crippen molar-refractivity contribution < 1.29 is 14.6 Å². The van der Waals surface area contributed by atoms with E-state index in [4.69, 9.17) is 4.74 Å². The first-order valence-electron chi connectivity index (χ1n) is 7.72. The van der Waals surface area contributed by atoms with Crippen LogP contribution in [0.1, 0.15) is 49.9 Å². The average molecular weight is 291 g/mol. The summed E-state index contributed by atoms with van der Waals surface area (Å²) in [5.74, 6) is 0.175. The van der Waals surface area contributed by atoms with Crippen LogP contribution in [0.4, 0.5) is 0 Å². The largest absolute Gasteiger partial charge is 0.504 e. The Morgan fingerprint density at radius 1 is 1.29 bits per heavy atom. The van der Waals surface area contributed by atoms with Crippen molar-refractivity contribution in [3.63, 3.8) is 0 Å². The van der Waals surface area contributed by atoms with Crippen LogP contribution in [0.2, 0.25) is 0 Å². The van der Waals surface area contributed by atoms with Crippen LogP contribution in [0.15, 0.2) is 18.2 Å². The van der Waals surface area contributed by atoms with Crippen molar-refractivity contribution in [3.05, 3.63) is 23.8 Å². The number of piperidine rings is 1. The number of nitrogens with zero attached hydrogens (tertiary/aromatic N) is 1. The molecule has 0 aromatic heterocycles. The monoisotopic (exact) mass is 291 g/mol. The van der Waals surface area contributed by atoms with E-state index in [2.05, 4.69) is 13.8 Å². The number of methoxy groups -OCH3 is 1. The van der Waals surface area contributed by atoms with Gasteiger partial charge in [-0.3, -0.25) is 4.79 Å². The fraction of sp³-hybridized carbons (Fsp3) is 0.588. The molecule has 0 spiro atoms. The molecule has 2 rings (SSSR count). The van der Waals surface area contributed by atoms with Crippen molar-refractivity contribution in [2.75, 3.05) is 20.2 Å². The predicted octanol–water partition coefficient (Wildman–Crippen LogP) is 3.44. The summed E-state index contributed by atoms with van der Waals surface area (Å²) in [7, 11) is 1.49. The number of ether oxygens (including phenoxy) is 1. The first-order valence-corrected chi connectivity index (χ1v) is 7.72. The highest BCUT2D eigenvalue weighted by atomic mass is 16.5. The Morgan fingerprint density at radius 3 is 2.43 bits per heavy atom. The number of para-hydroxylation sites is 1. The smallest absolute Gasteiger partial charge is 0.257 e. The van der Waals surface area contributed by atoms with E-state index in [1.807, 2.05) is 4.90 Å². The molecule has 116 valence electrons. The molecule has 0 aliphatic carbocycles. The second-order valence-electron chi connectivity index (χ2n) is 5.86. The molecule has 1 aliphatic rings. The number of rotatable bonds is 4. The van der Waals surface area contributed by atoms with Crippen LogP contribution in [0.5, 0.6) is 11.5 Å². The van der Waals surface area contributed by atoms with Crippen LogP contribution in [0.3, 0.4) is 0 Å². The lowest BCUT2D eigenvalue weighted by Crippen LogP contribution is -2.42. The molecule has 0 bridgehead atoms. The number of likely N-dealkylation sites (tertiary alicyclic amines) is 1. The molecule has 1 amide bonds. The van der Waals surface area contributed by atoms with Crippen molar-refractivity contribution in [1.82, 2.24) is 4.90 Å². The van der Waals surface area contributed by atoms with Gasteiger partial charge in [-0.2, -0.15) is 0 Å². The molecule has 1 saturated heterocycles. The van der Waals surface area contributed by atoms with Crippen molar-refractivity contribution in [1.29, 1.82) is 0 Å². The van der Waals surface area contributed by atoms with E-state index in [0.717, 1.165) is 38.8 Å². The third-order valence-corrected chi connectivity index (χ3v) is 5.06. The van der Waals surface area contributed by atoms with Gasteiger partial charge in [0.2, 0.25) is 0 Å². The minimum Gasteiger partial charge on any atom is -0.504 e. The Labute approximate surface area is 126 Å². The van der Waals surface area contributed by atoms with Crippen LogP contribution < -0.4 is 4.74 Å². The fourth-order valence-electron chi connectivity index (χ4n) is 3.17. The average Bonchev–Trinajstić information content (AvgIpc) is 2.54. The SMILES string of the molecule is CCC1(CC)CCN(C(=O)c2cccc(OC)c2O)CC1. The van der Waals surface area contributed by atoms with Gasteiger partial charge in [0.15, 0.2) is 11.5 Å². The molecule has 4 heteroatoms. The molecule has 1 aromatic rings. The zero-order chi connectivity index (χ0) is 15.5. The van der Waals surface area contributed by atoms with Gasteiger partial charge in [-0.05, 0) is 30.4 Å². The van der Waals surface area contributed by atoms with Crippen molar-refractivity contribution in [2.24, 2.45) is 5.41 Å². The minimum absolute atomic E-state index is 0.0622. The van der Waals surface area contributed by atoms with Gasteiger partial charge < -0.3 is 14.7 Å². The molecule has 21 heavy (non-hydrogen) atoms. The van der Waals surface area contributed by atoms with Gasteiger partial charge in [-0.1, -0.05) is 32.8 Å². The second kappa shape index (κ2) is 6.37. The van der Waals surface area contributed by atoms with E-state index in [-0.39, 0.29) is 11.7 Å². The zero-order valence-electron chi connectivity index (χ0n) is 13.2. The van der Waals surface area contributed by atoms with Crippen LogP contribution in [0, 0.1) is 5.41 Å². The molecular formula is C17H25NO3. The standard InChI is InChI=1S/C17H25NO3/c1-4-17(5-2)9-11-18(12-10-17)16(20)13-7-6-8-14(21-3)15(13)19/h6-8,19H,4-5,9-12H2,1-3H3. The van der Waals surface area contributed by atoms with Gasteiger partial charge in [0.05, 0.1) is 12.7 Å². The van der Waals surface area contributed by atoms with Gasteiger partial charge in [-0.15, -0.1) is 0 Å². The van der Waals surface area contributed by atoms with Crippen molar-refractivity contribution in [3.8, 4) is 11.5 Å². The van der Waals surface area contributed by atoms with Gasteiger partial charge in [0, 0.05) is 13.1 Å². The highest BCUT2D eigenvalue weighted by Gasteiger charge is 2.33. The lowest BCUT2D eigenvalue weighted by atomic mass is 9.74.